The van der Waals surface area contributed by atoms with E-state index in [1.165, 1.54) is 18.2 Å². The second-order valence-corrected chi connectivity index (χ2v) is 3.47. The molecule has 0 aliphatic carbocycles. The first-order chi connectivity index (χ1) is 6.52. The third-order valence-electron chi connectivity index (χ3n) is 1.62. The highest BCUT2D eigenvalue weighted by Gasteiger charge is 2.15. The van der Waals surface area contributed by atoms with Gasteiger partial charge in [-0.15, -0.1) is 0 Å². The molecular weight excluding hydrogens is 255 g/mol. The minimum atomic E-state index is -1.55. The van der Waals surface area contributed by atoms with E-state index >= 15 is 0 Å². The first kappa shape index (κ1) is 10.8. The van der Waals surface area contributed by atoms with Crippen molar-refractivity contribution in [2.75, 3.05) is 0 Å². The van der Waals surface area contributed by atoms with Crippen LogP contribution in [0.1, 0.15) is 5.56 Å². The Morgan fingerprint density at radius 3 is 2.64 bits per heavy atom. The summed E-state index contributed by atoms with van der Waals surface area (Å²) in [5, 5.41) is 8.32. The fourth-order valence-electron chi connectivity index (χ4n) is 0.934. The van der Waals surface area contributed by atoms with E-state index in [1.807, 2.05) is 0 Å². The molecule has 0 bridgehead atoms. The van der Waals surface area contributed by atoms with E-state index in [-0.39, 0.29) is 10.0 Å². The molecule has 0 amide bonds. The average molecular weight is 261 g/mol. The molecule has 0 aromatic heterocycles. The summed E-state index contributed by atoms with van der Waals surface area (Å²) < 4.78 is 13.4. The molecule has 5 heteroatoms. The number of carboxylic acid groups (broad SMARTS) is 1. The lowest BCUT2D eigenvalue weighted by Crippen LogP contribution is -2.15. The Bertz CT molecular complexity index is 390. The summed E-state index contributed by atoms with van der Waals surface area (Å²) in [6, 6.07) is 4.39. The molecule has 0 radical (unpaired) electrons. The number of benzene rings is 1. The molecule has 0 saturated carbocycles. The zero-order valence-electron chi connectivity index (χ0n) is 6.96. The van der Waals surface area contributed by atoms with Crippen LogP contribution in [0.4, 0.5) is 4.39 Å². The number of aliphatic carboxylic acids is 1. The molecule has 1 rings (SSSR count). The van der Waals surface area contributed by atoms with Gasteiger partial charge < -0.3 is 5.11 Å². The van der Waals surface area contributed by atoms with Crippen molar-refractivity contribution in [3.63, 3.8) is 0 Å². The zero-order valence-corrected chi connectivity index (χ0v) is 8.54. The van der Waals surface area contributed by atoms with Crippen molar-refractivity contribution in [2.24, 2.45) is 0 Å². The van der Waals surface area contributed by atoms with Gasteiger partial charge in [0, 0.05) is 6.42 Å². The molecule has 74 valence electrons. The van der Waals surface area contributed by atoms with E-state index in [1.54, 1.807) is 0 Å². The third kappa shape index (κ3) is 2.38. The second-order valence-electron chi connectivity index (χ2n) is 2.62. The number of carbonyl (C=O) groups is 2. The second kappa shape index (κ2) is 4.32. The predicted molar refractivity (Wildman–Crippen MR) is 50.4 cm³/mol. The van der Waals surface area contributed by atoms with Gasteiger partial charge in [-0.2, -0.15) is 0 Å². The van der Waals surface area contributed by atoms with Crippen LogP contribution in [0.2, 0.25) is 0 Å². The molecule has 3 nitrogen and oxygen atoms in total. The summed E-state index contributed by atoms with van der Waals surface area (Å²) >= 11 is 2.94. The third-order valence-corrected chi connectivity index (χ3v) is 2.23. The number of halogens is 2. The lowest BCUT2D eigenvalue weighted by molar-refractivity contribution is -0.148. The van der Waals surface area contributed by atoms with Gasteiger partial charge in [-0.1, -0.05) is 12.1 Å². The van der Waals surface area contributed by atoms with Crippen molar-refractivity contribution < 1.29 is 19.1 Å². The minimum Gasteiger partial charge on any atom is -0.475 e. The number of ketones is 1. The number of hydrogen-bond acceptors (Lipinski definition) is 2. The summed E-state index contributed by atoms with van der Waals surface area (Å²) in [4.78, 5) is 21.0. The first-order valence-corrected chi connectivity index (χ1v) is 4.50. The highest BCUT2D eigenvalue weighted by Crippen LogP contribution is 2.18. The molecule has 0 spiro atoms. The maximum absolute atomic E-state index is 13.2. The van der Waals surface area contributed by atoms with Crippen molar-refractivity contribution >= 4 is 27.7 Å². The van der Waals surface area contributed by atoms with Crippen LogP contribution >= 0.6 is 15.9 Å². The Hall–Kier alpha value is -1.23. The normalized spacial score (nSPS) is 9.86. The number of Topliss-reactive ketones (excluding diaryl/α,β-unsaturated/α-hetero) is 1. The van der Waals surface area contributed by atoms with Gasteiger partial charge in [-0.3, -0.25) is 4.79 Å². The van der Waals surface area contributed by atoms with Gasteiger partial charge in [-0.25, -0.2) is 9.18 Å². The van der Waals surface area contributed by atoms with E-state index in [2.05, 4.69) is 15.9 Å². The van der Waals surface area contributed by atoms with E-state index in [0.29, 0.717) is 0 Å². The Kier molecular flexibility index (Phi) is 3.35. The molecule has 0 heterocycles. The molecule has 0 aliphatic rings. The summed E-state index contributed by atoms with van der Waals surface area (Å²) in [6.07, 6.45) is -0.430. The van der Waals surface area contributed by atoms with Crippen LogP contribution in [0.15, 0.2) is 22.7 Å². The van der Waals surface area contributed by atoms with Crippen molar-refractivity contribution in [1.29, 1.82) is 0 Å². The van der Waals surface area contributed by atoms with Gasteiger partial charge in [-0.05, 0) is 27.6 Å². The van der Waals surface area contributed by atoms with Crippen LogP contribution in [0.3, 0.4) is 0 Å². The number of carboxylic acids is 1. The summed E-state index contributed by atoms with van der Waals surface area (Å²) in [5.74, 6) is -3.17. The monoisotopic (exact) mass is 260 g/mol. The Morgan fingerprint density at radius 2 is 2.07 bits per heavy atom. The van der Waals surface area contributed by atoms with Crippen LogP contribution in [-0.4, -0.2) is 16.9 Å². The van der Waals surface area contributed by atoms with Crippen molar-refractivity contribution in [3.8, 4) is 0 Å². The number of carbonyl (C=O) groups excluding carboxylic acids is 1. The summed E-state index contributed by atoms with van der Waals surface area (Å²) in [7, 11) is 0. The van der Waals surface area contributed by atoms with Crippen LogP contribution < -0.4 is 0 Å². The molecule has 0 fully saturated rings. The van der Waals surface area contributed by atoms with Crippen LogP contribution in [0, 0.1) is 5.82 Å². The molecular formula is C9H6BrFO3. The molecule has 1 N–H and O–H groups in total. The average Bonchev–Trinajstić information content (AvgIpc) is 2.12. The minimum absolute atomic E-state index is 0.0757. The van der Waals surface area contributed by atoms with Crippen molar-refractivity contribution in [3.05, 3.63) is 34.1 Å². The summed E-state index contributed by atoms with van der Waals surface area (Å²) in [5.41, 5.74) is 0.0757. The topological polar surface area (TPSA) is 54.4 Å². The van der Waals surface area contributed by atoms with E-state index in [9.17, 15) is 14.0 Å². The van der Waals surface area contributed by atoms with Crippen LogP contribution in [0.5, 0.6) is 0 Å². The molecule has 1 aromatic carbocycles. The molecule has 0 saturated heterocycles. The maximum Gasteiger partial charge on any atom is 0.372 e. The van der Waals surface area contributed by atoms with Gasteiger partial charge in [0.05, 0.1) is 4.47 Å². The van der Waals surface area contributed by atoms with Gasteiger partial charge in [0.25, 0.3) is 0 Å². The molecule has 14 heavy (non-hydrogen) atoms. The molecule has 1 aromatic rings. The van der Waals surface area contributed by atoms with Gasteiger partial charge in [0.1, 0.15) is 5.82 Å². The van der Waals surface area contributed by atoms with Gasteiger partial charge in [0.15, 0.2) is 0 Å². The smallest absolute Gasteiger partial charge is 0.372 e. The van der Waals surface area contributed by atoms with E-state index < -0.39 is 24.0 Å². The fraction of sp³-hybridized carbons (Fsp3) is 0.111. The largest absolute Gasteiger partial charge is 0.475 e. The lowest BCUT2D eigenvalue weighted by Gasteiger charge is -2.01. The fourth-order valence-corrected chi connectivity index (χ4v) is 1.34. The lowest BCUT2D eigenvalue weighted by atomic mass is 10.1. The van der Waals surface area contributed by atoms with Crippen LogP contribution in [-0.2, 0) is 16.0 Å². The van der Waals surface area contributed by atoms with Crippen molar-refractivity contribution in [2.45, 2.75) is 6.42 Å². The maximum atomic E-state index is 13.2. The highest BCUT2D eigenvalue weighted by molar-refractivity contribution is 9.10. The molecule has 0 aliphatic heterocycles. The number of rotatable bonds is 3. The summed E-state index contributed by atoms with van der Waals surface area (Å²) in [6.45, 7) is 0. The number of hydrogen-bond donors (Lipinski definition) is 1. The molecule has 0 unspecified atom stereocenters. The van der Waals surface area contributed by atoms with Crippen molar-refractivity contribution in [1.82, 2.24) is 0 Å². The van der Waals surface area contributed by atoms with Gasteiger partial charge >= 0.3 is 5.97 Å². The van der Waals surface area contributed by atoms with E-state index in [0.717, 1.165) is 0 Å². The SMILES string of the molecule is O=C(O)C(=O)Cc1cccc(Br)c1F. The predicted octanol–water partition coefficient (Wildman–Crippen LogP) is 1.78. The quantitative estimate of drug-likeness (QED) is 0.844. The standard InChI is InChI=1S/C9H6BrFO3/c10-6-3-1-2-5(8(6)11)4-7(12)9(13)14/h1-3H,4H2,(H,13,14). The van der Waals surface area contributed by atoms with Gasteiger partial charge in [0.2, 0.25) is 5.78 Å². The first-order valence-electron chi connectivity index (χ1n) is 3.71. The highest BCUT2D eigenvalue weighted by atomic mass is 79.9. The van der Waals surface area contributed by atoms with E-state index in [4.69, 9.17) is 5.11 Å². The Labute approximate surface area is 87.7 Å². The molecule has 0 atom stereocenters. The Morgan fingerprint density at radius 1 is 1.43 bits per heavy atom. The Balaban J connectivity index is 2.93. The van der Waals surface area contributed by atoms with Crippen LogP contribution in [0.25, 0.3) is 0 Å². The zero-order chi connectivity index (χ0) is 10.7.